The maximum atomic E-state index is 13.5. The Labute approximate surface area is 215 Å². The smallest absolute Gasteiger partial charge is 0.406 e. The molecule has 1 aliphatic rings. The molecule has 4 aromatic rings. The number of halogens is 3. The predicted molar refractivity (Wildman–Crippen MR) is 134 cm³/mol. The second-order valence-corrected chi connectivity index (χ2v) is 9.28. The number of nitrogens with two attached hydrogens (primary N) is 1. The molecule has 1 unspecified atom stereocenters. The summed E-state index contributed by atoms with van der Waals surface area (Å²) >= 11 is 0. The van der Waals surface area contributed by atoms with Gasteiger partial charge in [-0.15, -0.1) is 0 Å². The number of methoxy groups -OCH3 is 1. The number of imidazole rings is 1. The largest absolute Gasteiger partial charge is 0.494 e. The zero-order chi connectivity index (χ0) is 27.2. The Hall–Kier alpha value is -4.22. The summed E-state index contributed by atoms with van der Waals surface area (Å²) in [6.07, 6.45) is -4.59. The predicted octanol–water partition coefficient (Wildman–Crippen LogP) is 4.47. The minimum atomic E-state index is -4.44. The van der Waals surface area contributed by atoms with E-state index in [-0.39, 0.29) is 12.5 Å². The van der Waals surface area contributed by atoms with Crippen LogP contribution >= 0.6 is 0 Å². The summed E-state index contributed by atoms with van der Waals surface area (Å²) < 4.78 is 54.1. The number of likely N-dealkylation sites (tertiary alicyclic amines) is 1. The number of aromatic nitrogens is 3. The Kier molecular flexibility index (Phi) is 6.41. The van der Waals surface area contributed by atoms with E-state index in [4.69, 9.17) is 15.2 Å². The average Bonchev–Trinajstić information content (AvgIpc) is 3.39. The molecule has 38 heavy (non-hydrogen) atoms. The number of fused-ring (bicyclic) bond motifs is 2. The second kappa shape index (κ2) is 9.58. The van der Waals surface area contributed by atoms with Gasteiger partial charge in [-0.1, -0.05) is 18.2 Å². The maximum Gasteiger partial charge on any atom is 0.406 e. The maximum absolute atomic E-state index is 13.5. The van der Waals surface area contributed by atoms with E-state index >= 15 is 0 Å². The molecule has 2 aromatic heterocycles. The van der Waals surface area contributed by atoms with Crippen molar-refractivity contribution in [2.75, 3.05) is 20.2 Å². The van der Waals surface area contributed by atoms with Crippen LogP contribution in [0, 0.1) is 0 Å². The van der Waals surface area contributed by atoms with Crippen molar-refractivity contribution < 1.29 is 32.2 Å². The van der Waals surface area contributed by atoms with E-state index in [1.54, 1.807) is 59.0 Å². The van der Waals surface area contributed by atoms with Gasteiger partial charge < -0.3 is 29.2 Å². The van der Waals surface area contributed by atoms with Gasteiger partial charge in [0.05, 0.1) is 24.9 Å². The van der Waals surface area contributed by atoms with Gasteiger partial charge in [0.2, 0.25) is 0 Å². The van der Waals surface area contributed by atoms with E-state index in [1.807, 2.05) is 0 Å². The Morgan fingerprint density at radius 2 is 1.95 bits per heavy atom. The number of ether oxygens (including phenoxy) is 2. The molecule has 200 valence electrons. The Morgan fingerprint density at radius 1 is 1.18 bits per heavy atom. The fourth-order valence-electron chi connectivity index (χ4n) is 5.13. The van der Waals surface area contributed by atoms with Crippen LogP contribution in [0.4, 0.5) is 18.0 Å². The molecule has 1 atom stereocenters. The van der Waals surface area contributed by atoms with Crippen LogP contribution in [0.25, 0.3) is 33.5 Å². The third kappa shape index (κ3) is 4.73. The van der Waals surface area contributed by atoms with Gasteiger partial charge in [-0.2, -0.15) is 13.2 Å². The highest BCUT2D eigenvalue weighted by molar-refractivity contribution is 6.00. The highest BCUT2D eigenvalue weighted by atomic mass is 19.4. The Morgan fingerprint density at radius 3 is 2.66 bits per heavy atom. The molecule has 1 aliphatic heterocycles. The van der Waals surface area contributed by atoms with Gasteiger partial charge in [0.25, 0.3) is 5.91 Å². The number of primary amides is 1. The van der Waals surface area contributed by atoms with Crippen molar-refractivity contribution in [2.24, 2.45) is 12.8 Å². The van der Waals surface area contributed by atoms with Gasteiger partial charge in [-0.3, -0.25) is 4.79 Å². The van der Waals surface area contributed by atoms with Crippen molar-refractivity contribution in [3.8, 4) is 17.3 Å². The third-order valence-corrected chi connectivity index (χ3v) is 6.73. The van der Waals surface area contributed by atoms with Crippen LogP contribution in [0.5, 0.6) is 5.75 Å². The lowest BCUT2D eigenvalue weighted by atomic mass is 10.1. The van der Waals surface area contributed by atoms with Crippen LogP contribution in [-0.4, -0.2) is 63.5 Å². The highest BCUT2D eigenvalue weighted by Gasteiger charge is 2.32. The van der Waals surface area contributed by atoms with Gasteiger partial charge in [-0.05, 0) is 37.1 Å². The SMILES string of the molecule is COc1cc(C(=O)N2CCCC(OC(N)=O)C2)cc2nc(-c3cc4ccccc4n3CC(F)(F)F)n(C)c12. The number of rotatable bonds is 5. The Balaban J connectivity index is 1.58. The lowest BCUT2D eigenvalue weighted by Gasteiger charge is -2.32. The number of alkyl halides is 3. The van der Waals surface area contributed by atoms with Gasteiger partial charge in [0.15, 0.2) is 5.82 Å². The van der Waals surface area contributed by atoms with Crippen LogP contribution < -0.4 is 10.5 Å². The van der Waals surface area contributed by atoms with E-state index in [0.717, 1.165) is 0 Å². The van der Waals surface area contributed by atoms with Gasteiger partial charge in [0, 0.05) is 30.1 Å². The van der Waals surface area contributed by atoms with Gasteiger partial charge >= 0.3 is 12.3 Å². The number of para-hydroxylation sites is 1. The molecule has 0 spiro atoms. The van der Waals surface area contributed by atoms with Crippen LogP contribution in [0.3, 0.4) is 0 Å². The van der Waals surface area contributed by atoms with Crippen molar-refractivity contribution in [1.29, 1.82) is 0 Å². The molecule has 1 fully saturated rings. The summed E-state index contributed by atoms with van der Waals surface area (Å²) in [6.45, 7) is -0.501. The minimum absolute atomic E-state index is 0.202. The molecule has 3 heterocycles. The number of carbonyl (C=O) groups is 2. The Bertz CT molecular complexity index is 1540. The van der Waals surface area contributed by atoms with Gasteiger partial charge in [-0.25, -0.2) is 9.78 Å². The second-order valence-electron chi connectivity index (χ2n) is 9.28. The molecule has 0 bridgehead atoms. The fourth-order valence-corrected chi connectivity index (χ4v) is 5.13. The molecule has 0 radical (unpaired) electrons. The first-order chi connectivity index (χ1) is 18.1. The standard InChI is InChI=1S/C26H26F3N5O4/c1-32-22-18(31-23(32)20-11-15-6-3-4-8-19(15)34(20)14-26(27,28)29)10-16(12-21(22)37-2)24(35)33-9-5-7-17(13-33)38-25(30)36/h3-4,6,8,10-12,17H,5,7,9,13-14H2,1-2H3,(H2,30,36). The van der Waals surface area contributed by atoms with E-state index in [0.29, 0.717) is 64.2 Å². The van der Waals surface area contributed by atoms with Crippen molar-refractivity contribution in [1.82, 2.24) is 19.0 Å². The molecule has 9 nitrogen and oxygen atoms in total. The third-order valence-electron chi connectivity index (χ3n) is 6.73. The molecule has 0 aliphatic carbocycles. The molecule has 5 rings (SSSR count). The van der Waals surface area contributed by atoms with E-state index in [9.17, 15) is 22.8 Å². The van der Waals surface area contributed by atoms with E-state index < -0.39 is 24.9 Å². The first-order valence-corrected chi connectivity index (χ1v) is 12.0. The van der Waals surface area contributed by atoms with Crippen LogP contribution in [0.2, 0.25) is 0 Å². The molecular weight excluding hydrogens is 503 g/mol. The first kappa shape index (κ1) is 25.4. The first-order valence-electron chi connectivity index (χ1n) is 12.0. The molecule has 12 heteroatoms. The molecule has 1 saturated heterocycles. The number of benzene rings is 2. The zero-order valence-electron chi connectivity index (χ0n) is 20.8. The normalized spacial score (nSPS) is 16.2. The number of hydrogen-bond acceptors (Lipinski definition) is 5. The summed E-state index contributed by atoms with van der Waals surface area (Å²) in [5.41, 5.74) is 7.10. The lowest BCUT2D eigenvalue weighted by Crippen LogP contribution is -2.44. The molecule has 2 amide bonds. The summed E-state index contributed by atoms with van der Waals surface area (Å²) in [5, 5.41) is 0.652. The van der Waals surface area contributed by atoms with Crippen molar-refractivity contribution in [3.05, 3.63) is 48.0 Å². The number of hydrogen-bond donors (Lipinski definition) is 1. The number of amides is 2. The fraction of sp³-hybridized carbons (Fsp3) is 0.346. The van der Waals surface area contributed by atoms with Gasteiger partial charge in [0.1, 0.15) is 23.9 Å². The minimum Gasteiger partial charge on any atom is -0.494 e. The molecule has 2 aromatic carbocycles. The number of aryl methyl sites for hydroxylation is 1. The summed E-state index contributed by atoms with van der Waals surface area (Å²) in [5.74, 6) is 0.352. The highest BCUT2D eigenvalue weighted by Crippen LogP contribution is 2.36. The molecule has 0 saturated carbocycles. The number of nitrogens with zero attached hydrogens (tertiary/aromatic N) is 4. The van der Waals surface area contributed by atoms with Crippen LogP contribution in [0.15, 0.2) is 42.5 Å². The van der Waals surface area contributed by atoms with Crippen molar-refractivity contribution in [2.45, 2.75) is 31.7 Å². The van der Waals surface area contributed by atoms with E-state index in [1.165, 1.54) is 11.7 Å². The van der Waals surface area contributed by atoms with E-state index in [2.05, 4.69) is 4.98 Å². The van der Waals surface area contributed by atoms with Crippen LogP contribution in [0.1, 0.15) is 23.2 Å². The lowest BCUT2D eigenvalue weighted by molar-refractivity contribution is -0.139. The quantitative estimate of drug-likeness (QED) is 0.411. The molecular formula is C26H26F3N5O4. The van der Waals surface area contributed by atoms with Crippen molar-refractivity contribution in [3.63, 3.8) is 0 Å². The summed E-state index contributed by atoms with van der Waals surface area (Å²) in [6, 6.07) is 11.7. The average molecular weight is 530 g/mol. The summed E-state index contributed by atoms with van der Waals surface area (Å²) in [7, 11) is 3.15. The topological polar surface area (TPSA) is 105 Å². The zero-order valence-corrected chi connectivity index (χ0v) is 20.8. The number of piperidine rings is 1. The monoisotopic (exact) mass is 529 g/mol. The van der Waals surface area contributed by atoms with Crippen LogP contribution in [-0.2, 0) is 18.3 Å². The summed E-state index contributed by atoms with van der Waals surface area (Å²) in [4.78, 5) is 30.8. The number of carbonyl (C=O) groups excluding carboxylic acids is 2. The van der Waals surface area contributed by atoms with Crippen molar-refractivity contribution >= 4 is 33.9 Å². The molecule has 2 N–H and O–H groups in total.